The fourth-order valence-electron chi connectivity index (χ4n) is 3.05. The number of anilines is 1. The SMILES string of the molecule is O=C(Cc1ccccc1)NCCC(=O)N1CCc2cc([N+](=O)[O-])ccc21. The molecule has 0 spiro atoms. The fourth-order valence-corrected chi connectivity index (χ4v) is 3.05. The zero-order valence-corrected chi connectivity index (χ0v) is 14.2. The molecule has 1 heterocycles. The maximum absolute atomic E-state index is 12.4. The first-order valence-electron chi connectivity index (χ1n) is 8.43. The molecule has 0 saturated carbocycles. The number of hydrogen-bond donors (Lipinski definition) is 1. The number of carbonyl (C=O) groups excluding carboxylic acids is 2. The van der Waals surface area contributed by atoms with Gasteiger partial charge in [0.05, 0.1) is 11.3 Å². The van der Waals surface area contributed by atoms with Crippen molar-refractivity contribution in [3.8, 4) is 0 Å². The topological polar surface area (TPSA) is 92.6 Å². The van der Waals surface area contributed by atoms with Gasteiger partial charge in [-0.15, -0.1) is 0 Å². The normalized spacial score (nSPS) is 12.5. The third kappa shape index (κ3) is 4.05. The van der Waals surface area contributed by atoms with E-state index in [1.165, 1.54) is 12.1 Å². The van der Waals surface area contributed by atoms with Crippen molar-refractivity contribution in [3.05, 3.63) is 69.8 Å². The predicted octanol–water partition coefficient (Wildman–Crippen LogP) is 2.23. The smallest absolute Gasteiger partial charge is 0.269 e. The van der Waals surface area contributed by atoms with E-state index in [4.69, 9.17) is 0 Å². The minimum atomic E-state index is -0.437. The monoisotopic (exact) mass is 353 g/mol. The predicted molar refractivity (Wildman–Crippen MR) is 96.9 cm³/mol. The highest BCUT2D eigenvalue weighted by Crippen LogP contribution is 2.31. The number of rotatable bonds is 6. The van der Waals surface area contributed by atoms with Gasteiger partial charge >= 0.3 is 0 Å². The van der Waals surface area contributed by atoms with Crippen molar-refractivity contribution in [1.82, 2.24) is 5.32 Å². The Morgan fingerprint density at radius 2 is 1.92 bits per heavy atom. The average molecular weight is 353 g/mol. The molecule has 0 radical (unpaired) electrons. The Labute approximate surface area is 150 Å². The molecule has 7 heteroatoms. The molecule has 134 valence electrons. The first-order valence-corrected chi connectivity index (χ1v) is 8.43. The third-order valence-electron chi connectivity index (χ3n) is 4.34. The van der Waals surface area contributed by atoms with Gasteiger partial charge in [-0.2, -0.15) is 0 Å². The highest BCUT2D eigenvalue weighted by Gasteiger charge is 2.26. The zero-order chi connectivity index (χ0) is 18.5. The van der Waals surface area contributed by atoms with Crippen LogP contribution in [0.25, 0.3) is 0 Å². The molecule has 2 amide bonds. The Bertz CT molecular complexity index is 836. The van der Waals surface area contributed by atoms with E-state index in [0.717, 1.165) is 16.8 Å². The number of nitrogens with zero attached hydrogens (tertiary/aromatic N) is 2. The maximum atomic E-state index is 12.4. The van der Waals surface area contributed by atoms with Gasteiger partial charge in [0.1, 0.15) is 0 Å². The summed E-state index contributed by atoms with van der Waals surface area (Å²) < 4.78 is 0. The largest absolute Gasteiger partial charge is 0.355 e. The van der Waals surface area contributed by atoms with Gasteiger partial charge in [0.25, 0.3) is 5.69 Å². The van der Waals surface area contributed by atoms with Crippen LogP contribution in [-0.4, -0.2) is 29.8 Å². The summed E-state index contributed by atoms with van der Waals surface area (Å²) in [6, 6.07) is 13.9. The van der Waals surface area contributed by atoms with Gasteiger partial charge in [0, 0.05) is 37.3 Å². The highest BCUT2D eigenvalue weighted by atomic mass is 16.6. The van der Waals surface area contributed by atoms with Crippen molar-refractivity contribution < 1.29 is 14.5 Å². The standard InChI is InChI=1S/C19H19N3O4/c23-18(12-14-4-2-1-3-5-14)20-10-8-19(24)21-11-9-15-13-16(22(25)26)6-7-17(15)21/h1-7,13H,8-12H2,(H,20,23). The highest BCUT2D eigenvalue weighted by molar-refractivity contribution is 5.96. The Balaban J connectivity index is 1.51. The number of carbonyl (C=O) groups is 2. The molecule has 0 unspecified atom stereocenters. The molecule has 2 aromatic rings. The first-order chi connectivity index (χ1) is 12.5. The molecule has 0 aromatic heterocycles. The molecule has 1 aliphatic rings. The summed E-state index contributed by atoms with van der Waals surface area (Å²) in [5.74, 6) is -0.223. The summed E-state index contributed by atoms with van der Waals surface area (Å²) in [7, 11) is 0. The van der Waals surface area contributed by atoms with Gasteiger partial charge in [-0.1, -0.05) is 30.3 Å². The first kappa shape index (κ1) is 17.6. The summed E-state index contributed by atoms with van der Waals surface area (Å²) in [4.78, 5) is 36.3. The van der Waals surface area contributed by atoms with Gasteiger partial charge < -0.3 is 10.2 Å². The van der Waals surface area contributed by atoms with Crippen LogP contribution in [0.5, 0.6) is 0 Å². The van der Waals surface area contributed by atoms with Crippen LogP contribution in [0.15, 0.2) is 48.5 Å². The van der Waals surface area contributed by atoms with Crippen molar-refractivity contribution in [3.63, 3.8) is 0 Å². The Morgan fingerprint density at radius 1 is 1.15 bits per heavy atom. The summed E-state index contributed by atoms with van der Waals surface area (Å²) in [5.41, 5.74) is 2.48. The third-order valence-corrected chi connectivity index (χ3v) is 4.34. The number of non-ortho nitro benzene ring substituents is 1. The van der Waals surface area contributed by atoms with Crippen LogP contribution in [0.1, 0.15) is 17.5 Å². The molecule has 0 bridgehead atoms. The van der Waals surface area contributed by atoms with Crippen molar-refractivity contribution in [2.45, 2.75) is 19.3 Å². The van der Waals surface area contributed by atoms with E-state index in [9.17, 15) is 19.7 Å². The van der Waals surface area contributed by atoms with E-state index >= 15 is 0 Å². The van der Waals surface area contributed by atoms with E-state index in [1.54, 1.807) is 11.0 Å². The summed E-state index contributed by atoms with van der Waals surface area (Å²) in [6.45, 7) is 0.774. The lowest BCUT2D eigenvalue weighted by Gasteiger charge is -2.17. The Kier molecular flexibility index (Phi) is 5.26. The lowest BCUT2D eigenvalue weighted by Crippen LogP contribution is -2.34. The molecular formula is C19H19N3O4. The fraction of sp³-hybridized carbons (Fsp3) is 0.263. The average Bonchev–Trinajstić information content (AvgIpc) is 3.05. The van der Waals surface area contributed by atoms with Crippen molar-refractivity contribution in [2.75, 3.05) is 18.0 Å². The van der Waals surface area contributed by atoms with E-state index in [2.05, 4.69) is 5.32 Å². The van der Waals surface area contributed by atoms with Crippen LogP contribution < -0.4 is 10.2 Å². The molecule has 26 heavy (non-hydrogen) atoms. The number of nitro benzene ring substituents is 1. The molecule has 1 aliphatic heterocycles. The number of nitro groups is 1. The van der Waals surface area contributed by atoms with Crippen molar-refractivity contribution in [2.24, 2.45) is 0 Å². The van der Waals surface area contributed by atoms with Gasteiger partial charge in [-0.05, 0) is 23.6 Å². The zero-order valence-electron chi connectivity index (χ0n) is 14.2. The molecule has 7 nitrogen and oxygen atoms in total. The van der Waals surface area contributed by atoms with Gasteiger partial charge in [-0.25, -0.2) is 0 Å². The quantitative estimate of drug-likeness (QED) is 0.637. The van der Waals surface area contributed by atoms with Crippen molar-refractivity contribution in [1.29, 1.82) is 0 Å². The molecule has 2 aromatic carbocycles. The number of benzene rings is 2. The van der Waals surface area contributed by atoms with Crippen LogP contribution in [0.2, 0.25) is 0 Å². The van der Waals surface area contributed by atoms with Gasteiger partial charge in [0.2, 0.25) is 11.8 Å². The second-order valence-electron chi connectivity index (χ2n) is 6.13. The van der Waals surface area contributed by atoms with Crippen LogP contribution in [-0.2, 0) is 22.4 Å². The molecule has 0 atom stereocenters. The lowest BCUT2D eigenvalue weighted by atomic mass is 10.1. The minimum Gasteiger partial charge on any atom is -0.355 e. The van der Waals surface area contributed by atoms with Crippen LogP contribution >= 0.6 is 0 Å². The van der Waals surface area contributed by atoms with E-state index < -0.39 is 4.92 Å². The maximum Gasteiger partial charge on any atom is 0.269 e. The van der Waals surface area contributed by atoms with Gasteiger partial charge in [0.15, 0.2) is 0 Å². The van der Waals surface area contributed by atoms with Crippen LogP contribution in [0.4, 0.5) is 11.4 Å². The second kappa shape index (κ2) is 7.77. The Morgan fingerprint density at radius 3 is 2.65 bits per heavy atom. The van der Waals surface area contributed by atoms with Crippen LogP contribution in [0.3, 0.4) is 0 Å². The van der Waals surface area contributed by atoms with E-state index in [0.29, 0.717) is 13.0 Å². The number of fused-ring (bicyclic) bond motifs is 1. The molecule has 0 aliphatic carbocycles. The summed E-state index contributed by atoms with van der Waals surface area (Å²) >= 11 is 0. The lowest BCUT2D eigenvalue weighted by molar-refractivity contribution is -0.384. The molecule has 3 rings (SSSR count). The second-order valence-corrected chi connectivity index (χ2v) is 6.13. The molecular weight excluding hydrogens is 334 g/mol. The molecule has 0 saturated heterocycles. The summed E-state index contributed by atoms with van der Waals surface area (Å²) in [6.07, 6.45) is 1.07. The Hall–Kier alpha value is -3.22. The van der Waals surface area contributed by atoms with E-state index in [1.807, 2.05) is 30.3 Å². The van der Waals surface area contributed by atoms with Crippen LogP contribution in [0, 0.1) is 10.1 Å². The minimum absolute atomic E-state index is 0.0335. The van der Waals surface area contributed by atoms with Gasteiger partial charge in [-0.3, -0.25) is 19.7 Å². The molecule has 1 N–H and O–H groups in total. The number of nitrogens with one attached hydrogen (secondary N) is 1. The summed E-state index contributed by atoms with van der Waals surface area (Å²) in [5, 5.41) is 13.6. The molecule has 0 fully saturated rings. The number of amides is 2. The van der Waals surface area contributed by atoms with E-state index in [-0.39, 0.29) is 36.9 Å². The number of hydrogen-bond acceptors (Lipinski definition) is 4. The van der Waals surface area contributed by atoms with Crippen molar-refractivity contribution >= 4 is 23.2 Å².